The maximum atomic E-state index is 6.33. The van der Waals surface area contributed by atoms with Crippen LogP contribution in [0.15, 0.2) is 17.0 Å². The van der Waals surface area contributed by atoms with E-state index in [4.69, 9.17) is 11.6 Å². The molecule has 0 saturated heterocycles. The van der Waals surface area contributed by atoms with Crippen molar-refractivity contribution in [1.82, 2.24) is 5.32 Å². The van der Waals surface area contributed by atoms with E-state index >= 15 is 0 Å². The van der Waals surface area contributed by atoms with Gasteiger partial charge in [0.2, 0.25) is 0 Å². The molecule has 1 N–H and O–H groups in total. The summed E-state index contributed by atoms with van der Waals surface area (Å²) in [5.74, 6) is 0.576. The van der Waals surface area contributed by atoms with Gasteiger partial charge in [-0.1, -0.05) is 24.6 Å². The highest BCUT2D eigenvalue weighted by molar-refractivity contribution is 7.98. The van der Waals surface area contributed by atoms with Crippen LogP contribution in [-0.4, -0.2) is 12.8 Å². The number of fused-ring (bicyclic) bond motifs is 1. The van der Waals surface area contributed by atoms with Gasteiger partial charge in [0.1, 0.15) is 0 Å². The van der Waals surface area contributed by atoms with Crippen molar-refractivity contribution in [2.45, 2.75) is 24.3 Å². The molecule has 0 aromatic heterocycles. The third-order valence-corrected chi connectivity index (χ3v) is 4.07. The van der Waals surface area contributed by atoms with Gasteiger partial charge in [-0.2, -0.15) is 0 Å². The highest BCUT2D eigenvalue weighted by Gasteiger charge is 2.19. The fraction of sp³-hybridized carbons (Fsp3) is 0.455. The molecule has 1 atom stereocenters. The summed E-state index contributed by atoms with van der Waals surface area (Å²) in [5, 5.41) is 4.33. The SMILES string of the molecule is CSc1ccc2c(c1Cl)CNCC2C. The van der Waals surface area contributed by atoms with Gasteiger partial charge in [0, 0.05) is 18.0 Å². The maximum Gasteiger partial charge on any atom is 0.0589 e. The van der Waals surface area contributed by atoms with Gasteiger partial charge in [-0.05, 0) is 29.4 Å². The Hall–Kier alpha value is -0.180. The predicted octanol–water partition coefficient (Wildman–Crippen LogP) is 3.27. The summed E-state index contributed by atoms with van der Waals surface area (Å²) in [5.41, 5.74) is 2.70. The first-order valence-corrected chi connectivity index (χ1v) is 6.40. The van der Waals surface area contributed by atoms with Gasteiger partial charge in [-0.15, -0.1) is 11.8 Å². The lowest BCUT2D eigenvalue weighted by molar-refractivity contribution is 0.570. The van der Waals surface area contributed by atoms with Crippen LogP contribution in [0.1, 0.15) is 24.0 Å². The largest absolute Gasteiger partial charge is 0.312 e. The molecule has 1 heterocycles. The molecule has 0 aliphatic carbocycles. The van der Waals surface area contributed by atoms with Crippen LogP contribution in [0.4, 0.5) is 0 Å². The maximum absolute atomic E-state index is 6.33. The Labute approximate surface area is 94.2 Å². The number of benzene rings is 1. The van der Waals surface area contributed by atoms with E-state index in [0.717, 1.165) is 18.1 Å². The van der Waals surface area contributed by atoms with E-state index in [1.807, 2.05) is 0 Å². The Morgan fingerprint density at radius 3 is 3.00 bits per heavy atom. The van der Waals surface area contributed by atoms with Crippen LogP contribution >= 0.6 is 23.4 Å². The van der Waals surface area contributed by atoms with Crippen LogP contribution in [0.3, 0.4) is 0 Å². The van der Waals surface area contributed by atoms with E-state index in [0.29, 0.717) is 5.92 Å². The average Bonchev–Trinajstić information content (AvgIpc) is 2.20. The van der Waals surface area contributed by atoms with Gasteiger partial charge in [-0.25, -0.2) is 0 Å². The Morgan fingerprint density at radius 2 is 2.29 bits per heavy atom. The molecule has 1 aliphatic heterocycles. The summed E-state index contributed by atoms with van der Waals surface area (Å²) >= 11 is 8.04. The van der Waals surface area contributed by atoms with Crippen LogP contribution < -0.4 is 5.32 Å². The van der Waals surface area contributed by atoms with E-state index < -0.39 is 0 Å². The predicted molar refractivity (Wildman–Crippen MR) is 63.4 cm³/mol. The molecule has 0 fully saturated rings. The fourth-order valence-electron chi connectivity index (χ4n) is 1.94. The normalized spacial score (nSPS) is 20.6. The van der Waals surface area contributed by atoms with Crippen LogP contribution in [-0.2, 0) is 6.54 Å². The van der Waals surface area contributed by atoms with Gasteiger partial charge >= 0.3 is 0 Å². The van der Waals surface area contributed by atoms with E-state index in [-0.39, 0.29) is 0 Å². The third-order valence-electron chi connectivity index (χ3n) is 2.75. The topological polar surface area (TPSA) is 12.0 Å². The van der Waals surface area contributed by atoms with E-state index in [1.165, 1.54) is 16.0 Å². The van der Waals surface area contributed by atoms with Gasteiger partial charge in [0.25, 0.3) is 0 Å². The van der Waals surface area contributed by atoms with Crippen LogP contribution in [0, 0.1) is 0 Å². The molecule has 0 amide bonds. The number of thioether (sulfide) groups is 1. The lowest BCUT2D eigenvalue weighted by Crippen LogP contribution is -2.26. The molecule has 1 nitrogen and oxygen atoms in total. The number of halogens is 1. The molecule has 1 aliphatic rings. The molecule has 1 aromatic carbocycles. The number of hydrogen-bond acceptors (Lipinski definition) is 2. The van der Waals surface area contributed by atoms with Crippen molar-refractivity contribution in [3.05, 3.63) is 28.3 Å². The number of hydrogen-bond donors (Lipinski definition) is 1. The van der Waals surface area contributed by atoms with Crippen molar-refractivity contribution in [1.29, 1.82) is 0 Å². The monoisotopic (exact) mass is 227 g/mol. The molecule has 1 aromatic rings. The van der Waals surface area contributed by atoms with Crippen molar-refractivity contribution in [2.24, 2.45) is 0 Å². The molecule has 1 unspecified atom stereocenters. The zero-order valence-electron chi connectivity index (χ0n) is 8.43. The summed E-state index contributed by atoms with van der Waals surface area (Å²) in [4.78, 5) is 1.18. The standard InChI is InChI=1S/C11H14ClNS/c1-7-5-13-6-9-8(7)3-4-10(14-2)11(9)12/h3-4,7,13H,5-6H2,1-2H3. The fourth-order valence-corrected chi connectivity index (χ4v) is 2.91. The quantitative estimate of drug-likeness (QED) is 0.740. The summed E-state index contributed by atoms with van der Waals surface area (Å²) < 4.78 is 0. The second-order valence-corrected chi connectivity index (χ2v) is 4.91. The Balaban J connectivity index is 2.52. The molecular weight excluding hydrogens is 214 g/mol. The van der Waals surface area contributed by atoms with Gasteiger partial charge in [0.05, 0.1) is 5.02 Å². The Bertz CT molecular complexity index is 351. The molecule has 14 heavy (non-hydrogen) atoms. The van der Waals surface area contributed by atoms with E-state index in [9.17, 15) is 0 Å². The van der Waals surface area contributed by atoms with Gasteiger partial charge in [0.15, 0.2) is 0 Å². The highest BCUT2D eigenvalue weighted by atomic mass is 35.5. The summed E-state index contributed by atoms with van der Waals surface area (Å²) in [6, 6.07) is 4.35. The molecular formula is C11H14ClNS. The number of nitrogens with one attached hydrogen (secondary N) is 1. The molecule has 2 rings (SSSR count). The summed E-state index contributed by atoms with van der Waals surface area (Å²) in [6.45, 7) is 4.20. The second-order valence-electron chi connectivity index (χ2n) is 3.68. The second kappa shape index (κ2) is 4.13. The van der Waals surface area contributed by atoms with Crippen molar-refractivity contribution in [2.75, 3.05) is 12.8 Å². The molecule has 0 bridgehead atoms. The minimum atomic E-state index is 0.576. The van der Waals surface area contributed by atoms with Gasteiger partial charge in [-0.3, -0.25) is 0 Å². The first-order chi connectivity index (χ1) is 6.74. The van der Waals surface area contributed by atoms with E-state index in [1.54, 1.807) is 11.8 Å². The molecule has 0 spiro atoms. The average molecular weight is 228 g/mol. The molecule has 3 heteroatoms. The zero-order chi connectivity index (χ0) is 10.1. The van der Waals surface area contributed by atoms with Crippen LogP contribution in [0.5, 0.6) is 0 Å². The Morgan fingerprint density at radius 1 is 1.50 bits per heavy atom. The summed E-state index contributed by atoms with van der Waals surface area (Å²) in [6.07, 6.45) is 2.06. The van der Waals surface area contributed by atoms with Crippen LogP contribution in [0.2, 0.25) is 5.02 Å². The lowest BCUT2D eigenvalue weighted by Gasteiger charge is -2.25. The third kappa shape index (κ3) is 1.67. The van der Waals surface area contributed by atoms with Crippen LogP contribution in [0.25, 0.3) is 0 Å². The van der Waals surface area contributed by atoms with Crippen molar-refractivity contribution in [3.63, 3.8) is 0 Å². The zero-order valence-corrected chi connectivity index (χ0v) is 10.0. The number of rotatable bonds is 1. The van der Waals surface area contributed by atoms with Crippen molar-refractivity contribution >= 4 is 23.4 Å². The Kier molecular flexibility index (Phi) is 3.05. The van der Waals surface area contributed by atoms with Crippen molar-refractivity contribution < 1.29 is 0 Å². The first kappa shape index (κ1) is 10.3. The minimum Gasteiger partial charge on any atom is -0.312 e. The lowest BCUT2D eigenvalue weighted by atomic mass is 9.92. The summed E-state index contributed by atoms with van der Waals surface area (Å²) in [7, 11) is 0. The van der Waals surface area contributed by atoms with E-state index in [2.05, 4.69) is 30.6 Å². The van der Waals surface area contributed by atoms with Crippen molar-refractivity contribution in [3.8, 4) is 0 Å². The molecule has 0 radical (unpaired) electrons. The minimum absolute atomic E-state index is 0.576. The highest BCUT2D eigenvalue weighted by Crippen LogP contribution is 2.35. The van der Waals surface area contributed by atoms with Gasteiger partial charge < -0.3 is 5.32 Å². The molecule has 0 saturated carbocycles. The first-order valence-electron chi connectivity index (χ1n) is 4.80. The molecule has 76 valence electrons. The smallest absolute Gasteiger partial charge is 0.0589 e.